The molecular weight excluding hydrogens is 340 g/mol. The van der Waals surface area contributed by atoms with E-state index in [1.165, 1.54) is 11.3 Å². The standard InChI is InChI=1S/C16H24N6O2S/c1-10-12(3)25-16(17-10)19-15(23)11(2)22-7-5-21(6-8-22)9-14-18-13(4)24-20-14/h11H,5-9H2,1-4H3,(H,17,19,23)/t11-/m1/s1. The molecule has 2 aromatic heterocycles. The number of thiazole rings is 1. The first-order chi connectivity index (χ1) is 11.9. The number of piperazine rings is 1. The Hall–Kier alpha value is -1.84. The molecule has 1 aliphatic rings. The predicted molar refractivity (Wildman–Crippen MR) is 95.6 cm³/mol. The summed E-state index contributed by atoms with van der Waals surface area (Å²) >= 11 is 1.52. The van der Waals surface area contributed by atoms with Crippen molar-refractivity contribution in [2.75, 3.05) is 31.5 Å². The first kappa shape index (κ1) is 18.0. The molecule has 1 fully saturated rings. The second-order valence-corrected chi connectivity index (χ2v) is 7.57. The molecular formula is C16H24N6O2S. The third kappa shape index (κ3) is 4.42. The molecule has 1 atom stereocenters. The smallest absolute Gasteiger partial charge is 0.243 e. The number of carbonyl (C=O) groups is 1. The van der Waals surface area contributed by atoms with Gasteiger partial charge in [0.05, 0.1) is 18.3 Å². The third-order valence-corrected chi connectivity index (χ3v) is 5.52. The van der Waals surface area contributed by atoms with E-state index in [0.29, 0.717) is 23.4 Å². The zero-order chi connectivity index (χ0) is 18.0. The summed E-state index contributed by atoms with van der Waals surface area (Å²) < 4.78 is 5.01. The summed E-state index contributed by atoms with van der Waals surface area (Å²) in [4.78, 5) is 26.7. The molecule has 8 nitrogen and oxygen atoms in total. The molecule has 136 valence electrons. The molecule has 0 bridgehead atoms. The van der Waals surface area contributed by atoms with E-state index in [4.69, 9.17) is 4.52 Å². The second kappa shape index (κ2) is 7.59. The monoisotopic (exact) mass is 364 g/mol. The lowest BCUT2D eigenvalue weighted by atomic mass is 10.2. The molecule has 3 rings (SSSR count). The van der Waals surface area contributed by atoms with Crippen molar-refractivity contribution in [3.63, 3.8) is 0 Å². The highest BCUT2D eigenvalue weighted by Gasteiger charge is 2.26. The van der Waals surface area contributed by atoms with E-state index < -0.39 is 0 Å². The van der Waals surface area contributed by atoms with Gasteiger partial charge in [0.15, 0.2) is 11.0 Å². The van der Waals surface area contributed by atoms with Gasteiger partial charge in [-0.2, -0.15) is 4.98 Å². The molecule has 2 aromatic rings. The highest BCUT2D eigenvalue weighted by molar-refractivity contribution is 7.15. The van der Waals surface area contributed by atoms with E-state index in [-0.39, 0.29) is 11.9 Å². The second-order valence-electron chi connectivity index (χ2n) is 6.37. The maximum Gasteiger partial charge on any atom is 0.243 e. The molecule has 1 saturated heterocycles. The molecule has 0 aromatic carbocycles. The van der Waals surface area contributed by atoms with Crippen LogP contribution in [0.25, 0.3) is 0 Å². The Morgan fingerprint density at radius 1 is 1.24 bits per heavy atom. The van der Waals surface area contributed by atoms with Crippen LogP contribution in [0.15, 0.2) is 4.52 Å². The molecule has 0 unspecified atom stereocenters. The van der Waals surface area contributed by atoms with E-state index in [1.807, 2.05) is 20.8 Å². The van der Waals surface area contributed by atoms with Crippen molar-refractivity contribution in [1.82, 2.24) is 24.9 Å². The lowest BCUT2D eigenvalue weighted by molar-refractivity contribution is -0.121. The van der Waals surface area contributed by atoms with Crippen molar-refractivity contribution in [2.24, 2.45) is 0 Å². The van der Waals surface area contributed by atoms with Gasteiger partial charge >= 0.3 is 0 Å². The molecule has 9 heteroatoms. The largest absolute Gasteiger partial charge is 0.340 e. The SMILES string of the molecule is Cc1nc(CN2CCN([C@H](C)C(=O)Nc3nc(C)c(C)s3)CC2)no1. The molecule has 25 heavy (non-hydrogen) atoms. The summed E-state index contributed by atoms with van der Waals surface area (Å²) in [6.07, 6.45) is 0. The number of hydrogen-bond acceptors (Lipinski definition) is 8. The number of aromatic nitrogens is 3. The molecule has 0 spiro atoms. The van der Waals surface area contributed by atoms with Gasteiger partial charge in [-0.15, -0.1) is 11.3 Å². The van der Waals surface area contributed by atoms with Gasteiger partial charge in [0.25, 0.3) is 0 Å². The van der Waals surface area contributed by atoms with Crippen LogP contribution >= 0.6 is 11.3 Å². The average Bonchev–Trinajstić information content (AvgIpc) is 3.12. The Balaban J connectivity index is 1.48. The molecule has 3 heterocycles. The fraction of sp³-hybridized carbons (Fsp3) is 0.625. The number of aryl methyl sites for hydroxylation is 3. The minimum atomic E-state index is -0.181. The van der Waals surface area contributed by atoms with Gasteiger partial charge in [0.2, 0.25) is 11.8 Å². The molecule has 0 aliphatic carbocycles. The number of nitrogens with zero attached hydrogens (tertiary/aromatic N) is 5. The lowest BCUT2D eigenvalue weighted by Gasteiger charge is -2.36. The van der Waals surface area contributed by atoms with Crippen LogP contribution in [-0.4, -0.2) is 63.1 Å². The molecule has 0 saturated carbocycles. The Bertz CT molecular complexity index is 715. The summed E-state index contributed by atoms with van der Waals surface area (Å²) in [6, 6.07) is -0.181. The van der Waals surface area contributed by atoms with Gasteiger partial charge in [-0.05, 0) is 20.8 Å². The molecule has 1 aliphatic heterocycles. The highest BCUT2D eigenvalue weighted by atomic mass is 32.1. The Labute approximate surface area is 151 Å². The van der Waals surface area contributed by atoms with Crippen LogP contribution in [0.2, 0.25) is 0 Å². The van der Waals surface area contributed by atoms with Crippen molar-refractivity contribution >= 4 is 22.4 Å². The number of carbonyl (C=O) groups excluding carboxylic acids is 1. The maximum atomic E-state index is 12.5. The average molecular weight is 364 g/mol. The highest BCUT2D eigenvalue weighted by Crippen LogP contribution is 2.21. The van der Waals surface area contributed by atoms with E-state index >= 15 is 0 Å². The van der Waals surface area contributed by atoms with Crippen molar-refractivity contribution in [3.05, 3.63) is 22.3 Å². The van der Waals surface area contributed by atoms with Crippen molar-refractivity contribution < 1.29 is 9.32 Å². The minimum Gasteiger partial charge on any atom is -0.340 e. The number of rotatable bonds is 5. The fourth-order valence-corrected chi connectivity index (χ4v) is 3.63. The summed E-state index contributed by atoms with van der Waals surface area (Å²) in [5, 5.41) is 7.55. The zero-order valence-electron chi connectivity index (χ0n) is 15.1. The number of anilines is 1. The first-order valence-electron chi connectivity index (χ1n) is 8.43. The van der Waals surface area contributed by atoms with Crippen LogP contribution in [-0.2, 0) is 11.3 Å². The predicted octanol–water partition coefficient (Wildman–Crippen LogP) is 1.60. The fourth-order valence-electron chi connectivity index (χ4n) is 2.82. The van der Waals surface area contributed by atoms with Crippen LogP contribution in [0.1, 0.15) is 29.2 Å². The topological polar surface area (TPSA) is 87.4 Å². The zero-order valence-corrected chi connectivity index (χ0v) is 15.9. The molecule has 0 radical (unpaired) electrons. The molecule has 1 amide bonds. The number of amides is 1. The third-order valence-electron chi connectivity index (χ3n) is 4.53. The normalized spacial score (nSPS) is 17.6. The van der Waals surface area contributed by atoms with Gasteiger partial charge in [0, 0.05) is 38.0 Å². The minimum absolute atomic E-state index is 0.00371. The summed E-state index contributed by atoms with van der Waals surface area (Å²) in [5.41, 5.74) is 0.971. The van der Waals surface area contributed by atoms with E-state index in [9.17, 15) is 4.79 Å². The quantitative estimate of drug-likeness (QED) is 0.862. The van der Waals surface area contributed by atoms with Crippen LogP contribution in [0.3, 0.4) is 0 Å². The van der Waals surface area contributed by atoms with Crippen molar-refractivity contribution in [1.29, 1.82) is 0 Å². The van der Waals surface area contributed by atoms with Crippen molar-refractivity contribution in [2.45, 2.75) is 40.3 Å². The Morgan fingerprint density at radius 2 is 1.96 bits per heavy atom. The first-order valence-corrected chi connectivity index (χ1v) is 9.24. The van der Waals surface area contributed by atoms with Gasteiger partial charge in [-0.25, -0.2) is 4.98 Å². The molecule has 1 N–H and O–H groups in total. The van der Waals surface area contributed by atoms with Gasteiger partial charge < -0.3 is 9.84 Å². The van der Waals surface area contributed by atoms with Gasteiger partial charge in [0.1, 0.15) is 0 Å². The number of nitrogens with one attached hydrogen (secondary N) is 1. The van der Waals surface area contributed by atoms with Crippen LogP contribution < -0.4 is 5.32 Å². The number of hydrogen-bond donors (Lipinski definition) is 1. The summed E-state index contributed by atoms with van der Waals surface area (Å²) in [7, 11) is 0. The van der Waals surface area contributed by atoms with Gasteiger partial charge in [-0.3, -0.25) is 14.6 Å². The summed E-state index contributed by atoms with van der Waals surface area (Å²) in [6.45, 7) is 11.8. The lowest BCUT2D eigenvalue weighted by Crippen LogP contribution is -2.52. The Kier molecular flexibility index (Phi) is 5.45. The Morgan fingerprint density at radius 3 is 2.52 bits per heavy atom. The van der Waals surface area contributed by atoms with Crippen LogP contribution in [0.5, 0.6) is 0 Å². The maximum absolute atomic E-state index is 12.5. The van der Waals surface area contributed by atoms with E-state index in [0.717, 1.165) is 36.8 Å². The van der Waals surface area contributed by atoms with E-state index in [2.05, 4.69) is 30.2 Å². The van der Waals surface area contributed by atoms with Gasteiger partial charge in [-0.1, -0.05) is 5.16 Å². The van der Waals surface area contributed by atoms with Crippen LogP contribution in [0, 0.1) is 20.8 Å². The van der Waals surface area contributed by atoms with Crippen LogP contribution in [0.4, 0.5) is 5.13 Å². The summed E-state index contributed by atoms with van der Waals surface area (Å²) in [5.74, 6) is 1.30. The van der Waals surface area contributed by atoms with E-state index in [1.54, 1.807) is 6.92 Å². The van der Waals surface area contributed by atoms with Crippen molar-refractivity contribution in [3.8, 4) is 0 Å².